The highest BCUT2D eigenvalue weighted by atomic mass is 31.2. The van der Waals surface area contributed by atoms with E-state index < -0.39 is 19.5 Å². The van der Waals surface area contributed by atoms with E-state index in [-0.39, 0.29) is 26.1 Å². The molecule has 0 spiro atoms. The standard InChI is InChI=1S/C9H18NO6P/c1-4-14-9(12)8(11)10-7-16-17(13,6-3)15-5-2/h4-7H2,1-3H3,(H,10,11). The maximum Gasteiger partial charge on any atom is 0.396 e. The molecule has 0 aromatic carbocycles. The fourth-order valence-electron chi connectivity index (χ4n) is 0.882. The minimum absolute atomic E-state index is 0.111. The van der Waals surface area contributed by atoms with Gasteiger partial charge in [-0.25, -0.2) is 4.79 Å². The molecule has 1 atom stereocenters. The zero-order valence-electron chi connectivity index (χ0n) is 10.2. The summed E-state index contributed by atoms with van der Waals surface area (Å²) in [5.41, 5.74) is 0. The maximum atomic E-state index is 11.7. The molecule has 7 nitrogen and oxygen atoms in total. The van der Waals surface area contributed by atoms with Gasteiger partial charge in [0.05, 0.1) is 13.2 Å². The average molecular weight is 267 g/mol. The molecule has 0 radical (unpaired) electrons. The maximum absolute atomic E-state index is 11.7. The number of amides is 1. The van der Waals surface area contributed by atoms with E-state index in [0.29, 0.717) is 0 Å². The van der Waals surface area contributed by atoms with Crippen molar-refractivity contribution in [3.8, 4) is 0 Å². The first-order chi connectivity index (χ1) is 7.99. The lowest BCUT2D eigenvalue weighted by Gasteiger charge is -2.15. The van der Waals surface area contributed by atoms with E-state index in [0.717, 1.165) is 0 Å². The summed E-state index contributed by atoms with van der Waals surface area (Å²) in [6, 6.07) is 0. The first kappa shape index (κ1) is 16.1. The minimum atomic E-state index is -3.17. The van der Waals surface area contributed by atoms with Gasteiger partial charge in [0.15, 0.2) is 0 Å². The molecule has 0 aliphatic carbocycles. The Morgan fingerprint density at radius 1 is 1.12 bits per heavy atom. The summed E-state index contributed by atoms with van der Waals surface area (Å²) in [7, 11) is -3.17. The molecule has 0 bridgehead atoms. The molecule has 0 aliphatic rings. The Bertz CT molecular complexity index is 306. The normalized spacial score (nSPS) is 13.8. The molecule has 8 heteroatoms. The van der Waals surface area contributed by atoms with Crippen molar-refractivity contribution < 1.29 is 27.9 Å². The molecule has 0 aromatic rings. The predicted molar refractivity (Wildman–Crippen MR) is 60.5 cm³/mol. The second-order valence-corrected chi connectivity index (χ2v) is 5.22. The van der Waals surface area contributed by atoms with Crippen LogP contribution in [0.3, 0.4) is 0 Å². The third-order valence-corrected chi connectivity index (χ3v) is 3.62. The number of rotatable bonds is 7. The average Bonchev–Trinajstić information content (AvgIpc) is 2.29. The van der Waals surface area contributed by atoms with Crippen molar-refractivity contribution in [3.63, 3.8) is 0 Å². The lowest BCUT2D eigenvalue weighted by molar-refractivity contribution is -0.155. The molecular formula is C9H18NO6P. The molecule has 17 heavy (non-hydrogen) atoms. The van der Waals surface area contributed by atoms with E-state index in [9.17, 15) is 14.2 Å². The second kappa shape index (κ2) is 8.22. The Hall–Kier alpha value is -0.910. The number of hydrogen-bond donors (Lipinski definition) is 1. The van der Waals surface area contributed by atoms with Crippen molar-refractivity contribution in [1.82, 2.24) is 5.32 Å². The second-order valence-electron chi connectivity index (χ2n) is 2.84. The van der Waals surface area contributed by atoms with Gasteiger partial charge in [-0.1, -0.05) is 6.92 Å². The largest absolute Gasteiger partial charge is 0.459 e. The quantitative estimate of drug-likeness (QED) is 0.319. The first-order valence-corrected chi connectivity index (χ1v) is 7.05. The Morgan fingerprint density at radius 2 is 1.76 bits per heavy atom. The van der Waals surface area contributed by atoms with E-state index >= 15 is 0 Å². The number of carbonyl (C=O) groups is 2. The zero-order chi connectivity index (χ0) is 13.3. The van der Waals surface area contributed by atoms with Crippen LogP contribution in [0.5, 0.6) is 0 Å². The van der Waals surface area contributed by atoms with Crippen molar-refractivity contribution >= 4 is 19.5 Å². The Morgan fingerprint density at radius 3 is 2.24 bits per heavy atom. The lowest BCUT2D eigenvalue weighted by atomic mass is 10.6. The number of carbonyl (C=O) groups excluding carboxylic acids is 2. The van der Waals surface area contributed by atoms with Crippen molar-refractivity contribution in [1.29, 1.82) is 0 Å². The Labute approximate surface area is 100 Å². The van der Waals surface area contributed by atoms with E-state index in [1.54, 1.807) is 20.8 Å². The van der Waals surface area contributed by atoms with Crippen LogP contribution in [-0.2, 0) is 27.9 Å². The SMILES string of the molecule is CCOC(=O)C(=O)NCOP(=O)(CC)OCC. The van der Waals surface area contributed by atoms with Gasteiger partial charge in [0.2, 0.25) is 0 Å². The molecule has 0 rings (SSSR count). The molecule has 0 aliphatic heterocycles. The van der Waals surface area contributed by atoms with Gasteiger partial charge in [0.1, 0.15) is 6.73 Å². The molecule has 0 saturated heterocycles. The highest BCUT2D eigenvalue weighted by molar-refractivity contribution is 7.53. The third kappa shape index (κ3) is 6.41. The summed E-state index contributed by atoms with van der Waals surface area (Å²) >= 11 is 0. The Balaban J connectivity index is 4.01. The zero-order valence-corrected chi connectivity index (χ0v) is 11.1. The van der Waals surface area contributed by atoms with Gasteiger partial charge in [0, 0.05) is 6.16 Å². The van der Waals surface area contributed by atoms with Crippen molar-refractivity contribution in [2.24, 2.45) is 0 Å². The van der Waals surface area contributed by atoms with Gasteiger partial charge in [-0.3, -0.25) is 13.9 Å². The molecule has 0 fully saturated rings. The summed E-state index contributed by atoms with van der Waals surface area (Å²) in [6.07, 6.45) is 0.191. The summed E-state index contributed by atoms with van der Waals surface area (Å²) in [6.45, 7) is 4.91. The van der Waals surface area contributed by atoms with E-state index in [4.69, 9.17) is 9.05 Å². The fraction of sp³-hybridized carbons (Fsp3) is 0.778. The van der Waals surface area contributed by atoms with E-state index in [2.05, 4.69) is 10.1 Å². The predicted octanol–water partition coefficient (Wildman–Crippen LogP) is 0.889. The smallest absolute Gasteiger partial charge is 0.396 e. The van der Waals surface area contributed by atoms with Crippen LogP contribution < -0.4 is 5.32 Å². The lowest BCUT2D eigenvalue weighted by Crippen LogP contribution is -2.33. The van der Waals surface area contributed by atoms with Crippen molar-refractivity contribution in [3.05, 3.63) is 0 Å². The third-order valence-electron chi connectivity index (χ3n) is 1.67. The number of hydrogen-bond acceptors (Lipinski definition) is 6. The minimum Gasteiger partial charge on any atom is -0.459 e. The molecule has 1 amide bonds. The van der Waals surface area contributed by atoms with Gasteiger partial charge in [-0.05, 0) is 13.8 Å². The highest BCUT2D eigenvalue weighted by Gasteiger charge is 2.22. The molecular weight excluding hydrogens is 249 g/mol. The van der Waals surface area contributed by atoms with Crippen molar-refractivity contribution in [2.45, 2.75) is 20.8 Å². The Kier molecular flexibility index (Phi) is 7.78. The summed E-state index contributed by atoms with van der Waals surface area (Å²) in [5.74, 6) is -1.94. The highest BCUT2D eigenvalue weighted by Crippen LogP contribution is 2.46. The summed E-state index contributed by atoms with van der Waals surface area (Å²) < 4.78 is 26.0. The topological polar surface area (TPSA) is 90.9 Å². The summed E-state index contributed by atoms with van der Waals surface area (Å²) in [4.78, 5) is 22.0. The first-order valence-electron chi connectivity index (χ1n) is 5.32. The van der Waals surface area contributed by atoms with Gasteiger partial charge < -0.3 is 14.6 Å². The van der Waals surface area contributed by atoms with Crippen molar-refractivity contribution in [2.75, 3.05) is 26.1 Å². The van der Waals surface area contributed by atoms with E-state index in [1.807, 2.05) is 0 Å². The molecule has 0 saturated carbocycles. The number of ether oxygens (including phenoxy) is 1. The fourth-order valence-corrected chi connectivity index (χ4v) is 1.98. The number of nitrogens with one attached hydrogen (secondary N) is 1. The van der Waals surface area contributed by atoms with Gasteiger partial charge in [-0.15, -0.1) is 0 Å². The van der Waals surface area contributed by atoms with Crippen LogP contribution in [0.2, 0.25) is 0 Å². The molecule has 0 aromatic heterocycles. The van der Waals surface area contributed by atoms with Crippen LogP contribution in [0.15, 0.2) is 0 Å². The monoisotopic (exact) mass is 267 g/mol. The van der Waals surface area contributed by atoms with Crippen LogP contribution in [-0.4, -0.2) is 38.0 Å². The van der Waals surface area contributed by atoms with Gasteiger partial charge in [0.25, 0.3) is 0 Å². The van der Waals surface area contributed by atoms with E-state index in [1.165, 1.54) is 0 Å². The van der Waals surface area contributed by atoms with Gasteiger partial charge in [-0.2, -0.15) is 0 Å². The number of esters is 1. The molecule has 100 valence electrons. The van der Waals surface area contributed by atoms with Crippen LogP contribution in [0.1, 0.15) is 20.8 Å². The van der Waals surface area contributed by atoms with Crippen LogP contribution in [0, 0.1) is 0 Å². The summed E-state index contributed by atoms with van der Waals surface area (Å²) in [5, 5.41) is 2.13. The molecule has 1 N–H and O–H groups in total. The molecule has 0 heterocycles. The van der Waals surface area contributed by atoms with Crippen LogP contribution in [0.4, 0.5) is 0 Å². The molecule has 1 unspecified atom stereocenters. The van der Waals surface area contributed by atoms with Gasteiger partial charge >= 0.3 is 19.5 Å². The van der Waals surface area contributed by atoms with Crippen LogP contribution >= 0.6 is 7.60 Å². The van der Waals surface area contributed by atoms with Crippen LogP contribution in [0.25, 0.3) is 0 Å².